The molecule has 0 saturated heterocycles. The van der Waals surface area contributed by atoms with Crippen LogP contribution in [0.4, 0.5) is 13.2 Å². The number of nitrogens with one attached hydrogen (secondary N) is 2. The Balaban J connectivity index is 2.15. The summed E-state index contributed by atoms with van der Waals surface area (Å²) in [6.07, 6.45) is -3.33. The van der Waals surface area contributed by atoms with Crippen LogP contribution < -0.4 is 5.32 Å². The van der Waals surface area contributed by atoms with Gasteiger partial charge in [0.2, 0.25) is 0 Å². The first kappa shape index (κ1) is 13.1. The van der Waals surface area contributed by atoms with Crippen molar-refractivity contribution in [2.75, 3.05) is 0 Å². The number of alkyl halides is 3. The van der Waals surface area contributed by atoms with Gasteiger partial charge in [0.1, 0.15) is 12.2 Å². The predicted molar refractivity (Wildman–Crippen MR) is 59.0 cm³/mol. The third-order valence-electron chi connectivity index (χ3n) is 2.36. The van der Waals surface area contributed by atoms with Gasteiger partial charge in [-0.1, -0.05) is 12.1 Å². The topological polar surface area (TPSA) is 70.7 Å². The van der Waals surface area contributed by atoms with Crippen molar-refractivity contribution in [3.63, 3.8) is 0 Å². The molecule has 0 aliphatic carbocycles. The highest BCUT2D eigenvalue weighted by Crippen LogP contribution is 2.31. The van der Waals surface area contributed by atoms with Crippen LogP contribution in [0.3, 0.4) is 0 Å². The van der Waals surface area contributed by atoms with Gasteiger partial charge in [-0.2, -0.15) is 18.3 Å². The first-order valence-electron chi connectivity index (χ1n) is 5.27. The summed E-state index contributed by atoms with van der Waals surface area (Å²) < 4.78 is 38.1. The number of nitrogens with zero attached hydrogens (tertiary/aromatic N) is 2. The van der Waals surface area contributed by atoms with E-state index >= 15 is 0 Å². The molecule has 0 spiro atoms. The molecule has 2 N–H and O–H groups in total. The Morgan fingerprint density at radius 3 is 2.68 bits per heavy atom. The number of halogens is 3. The number of aromatic nitrogens is 3. The first-order valence-corrected chi connectivity index (χ1v) is 5.27. The van der Waals surface area contributed by atoms with Crippen molar-refractivity contribution in [3.05, 3.63) is 47.5 Å². The number of aromatic amines is 1. The molecule has 19 heavy (non-hydrogen) atoms. The van der Waals surface area contributed by atoms with Crippen LogP contribution >= 0.6 is 0 Å². The van der Waals surface area contributed by atoms with Gasteiger partial charge < -0.3 is 5.32 Å². The standard InChI is InChI=1S/C11H9F3N4O/c12-11(13,14)8-4-2-1-3-7(8)10(19)15-5-9-16-6-17-18-9/h1-4,6H,5H2,(H,15,19)(H,16,17,18). The summed E-state index contributed by atoms with van der Waals surface area (Å²) in [5, 5.41) is 8.39. The highest BCUT2D eigenvalue weighted by atomic mass is 19.4. The average molecular weight is 270 g/mol. The summed E-state index contributed by atoms with van der Waals surface area (Å²) >= 11 is 0. The molecule has 0 saturated carbocycles. The third kappa shape index (κ3) is 3.09. The minimum atomic E-state index is -4.57. The molecule has 2 aromatic rings. The van der Waals surface area contributed by atoms with Gasteiger partial charge >= 0.3 is 6.18 Å². The monoisotopic (exact) mass is 270 g/mol. The van der Waals surface area contributed by atoms with Gasteiger partial charge in [0.15, 0.2) is 0 Å². The molecule has 100 valence electrons. The zero-order valence-electron chi connectivity index (χ0n) is 9.53. The molecule has 0 fully saturated rings. The van der Waals surface area contributed by atoms with E-state index in [1.54, 1.807) is 0 Å². The number of benzene rings is 1. The largest absolute Gasteiger partial charge is 0.417 e. The van der Waals surface area contributed by atoms with Crippen molar-refractivity contribution in [1.29, 1.82) is 0 Å². The molecule has 0 atom stereocenters. The molecule has 1 aromatic carbocycles. The van der Waals surface area contributed by atoms with Gasteiger partial charge in [-0.15, -0.1) is 0 Å². The number of carbonyl (C=O) groups excluding carboxylic acids is 1. The van der Waals surface area contributed by atoms with E-state index in [2.05, 4.69) is 20.5 Å². The van der Waals surface area contributed by atoms with Crippen molar-refractivity contribution >= 4 is 5.91 Å². The van der Waals surface area contributed by atoms with Crippen LogP contribution in [0.1, 0.15) is 21.7 Å². The molecule has 0 unspecified atom stereocenters. The van der Waals surface area contributed by atoms with Gasteiger partial charge in [-0.3, -0.25) is 9.89 Å². The number of rotatable bonds is 3. The number of H-pyrrole nitrogens is 1. The van der Waals surface area contributed by atoms with E-state index in [0.717, 1.165) is 12.1 Å². The Hall–Kier alpha value is -2.38. The van der Waals surface area contributed by atoms with Gasteiger partial charge in [0.25, 0.3) is 5.91 Å². The molecule has 0 aliphatic heterocycles. The lowest BCUT2D eigenvalue weighted by Gasteiger charge is -2.12. The van der Waals surface area contributed by atoms with Crippen LogP contribution in [0.5, 0.6) is 0 Å². The minimum absolute atomic E-state index is 0.0228. The summed E-state index contributed by atoms with van der Waals surface area (Å²) in [7, 11) is 0. The summed E-state index contributed by atoms with van der Waals surface area (Å²) in [5.74, 6) is -0.456. The fourth-order valence-corrected chi connectivity index (χ4v) is 1.50. The summed E-state index contributed by atoms with van der Waals surface area (Å²) in [6, 6.07) is 4.59. The number of carbonyl (C=O) groups is 1. The van der Waals surface area contributed by atoms with E-state index in [1.807, 2.05) is 0 Å². The quantitative estimate of drug-likeness (QED) is 0.892. The number of hydrogen-bond donors (Lipinski definition) is 2. The average Bonchev–Trinajstić information content (AvgIpc) is 2.88. The smallest absolute Gasteiger partial charge is 0.345 e. The number of hydrogen-bond acceptors (Lipinski definition) is 3. The van der Waals surface area contributed by atoms with E-state index in [1.165, 1.54) is 18.5 Å². The zero-order chi connectivity index (χ0) is 13.9. The Morgan fingerprint density at radius 1 is 1.32 bits per heavy atom. The van der Waals surface area contributed by atoms with E-state index in [9.17, 15) is 18.0 Å². The second-order valence-corrected chi connectivity index (χ2v) is 3.66. The lowest BCUT2D eigenvalue weighted by atomic mass is 10.1. The van der Waals surface area contributed by atoms with E-state index in [4.69, 9.17) is 0 Å². The highest BCUT2D eigenvalue weighted by Gasteiger charge is 2.34. The van der Waals surface area contributed by atoms with Crippen LogP contribution in [-0.4, -0.2) is 21.1 Å². The normalized spacial score (nSPS) is 11.3. The van der Waals surface area contributed by atoms with Crippen LogP contribution in [0, 0.1) is 0 Å². The van der Waals surface area contributed by atoms with Gasteiger partial charge in [-0.25, -0.2) is 4.98 Å². The molecule has 0 aliphatic rings. The van der Waals surface area contributed by atoms with Crippen LogP contribution in [0.2, 0.25) is 0 Å². The van der Waals surface area contributed by atoms with Crippen molar-refractivity contribution < 1.29 is 18.0 Å². The summed E-state index contributed by atoms with van der Waals surface area (Å²) in [4.78, 5) is 15.5. The van der Waals surface area contributed by atoms with Crippen LogP contribution in [0.15, 0.2) is 30.6 Å². The molecule has 1 aromatic heterocycles. The molecule has 1 amide bonds. The van der Waals surface area contributed by atoms with Gasteiger partial charge in [0, 0.05) is 0 Å². The zero-order valence-corrected chi connectivity index (χ0v) is 9.53. The van der Waals surface area contributed by atoms with Gasteiger partial charge in [0.05, 0.1) is 17.7 Å². The van der Waals surface area contributed by atoms with E-state index in [-0.39, 0.29) is 6.54 Å². The maximum absolute atomic E-state index is 12.7. The molecule has 1 heterocycles. The highest BCUT2D eigenvalue weighted by molar-refractivity contribution is 5.95. The fraction of sp³-hybridized carbons (Fsp3) is 0.182. The molecule has 0 radical (unpaired) electrons. The van der Waals surface area contributed by atoms with Crippen molar-refractivity contribution in [2.24, 2.45) is 0 Å². The van der Waals surface area contributed by atoms with Crippen molar-refractivity contribution in [3.8, 4) is 0 Å². The Kier molecular flexibility index (Phi) is 3.50. The third-order valence-corrected chi connectivity index (χ3v) is 2.36. The number of amides is 1. The second kappa shape index (κ2) is 5.09. The van der Waals surface area contributed by atoms with Crippen molar-refractivity contribution in [2.45, 2.75) is 12.7 Å². The summed E-state index contributed by atoms with van der Waals surface area (Å²) in [6.45, 7) is -0.0228. The predicted octanol–water partition coefficient (Wildman–Crippen LogP) is 1.75. The molecular formula is C11H9F3N4O. The molecule has 8 heteroatoms. The van der Waals surface area contributed by atoms with E-state index in [0.29, 0.717) is 5.82 Å². The van der Waals surface area contributed by atoms with Gasteiger partial charge in [-0.05, 0) is 12.1 Å². The Bertz CT molecular complexity index is 566. The summed E-state index contributed by atoms with van der Waals surface area (Å²) in [5.41, 5.74) is -1.39. The van der Waals surface area contributed by atoms with E-state index < -0.39 is 23.2 Å². The lowest BCUT2D eigenvalue weighted by molar-refractivity contribution is -0.137. The first-order chi connectivity index (χ1) is 8.98. The second-order valence-electron chi connectivity index (χ2n) is 3.66. The maximum atomic E-state index is 12.7. The Morgan fingerprint density at radius 2 is 2.05 bits per heavy atom. The van der Waals surface area contributed by atoms with Crippen LogP contribution in [0.25, 0.3) is 0 Å². The molecular weight excluding hydrogens is 261 g/mol. The molecule has 0 bridgehead atoms. The fourth-order valence-electron chi connectivity index (χ4n) is 1.50. The lowest BCUT2D eigenvalue weighted by Crippen LogP contribution is -2.26. The maximum Gasteiger partial charge on any atom is 0.417 e. The van der Waals surface area contributed by atoms with Crippen molar-refractivity contribution in [1.82, 2.24) is 20.5 Å². The molecule has 5 nitrogen and oxygen atoms in total. The van der Waals surface area contributed by atoms with Crippen LogP contribution in [-0.2, 0) is 12.7 Å². The molecule has 2 rings (SSSR count). The minimum Gasteiger partial charge on any atom is -0.345 e. The Labute approximate surface area is 105 Å². The SMILES string of the molecule is O=C(NCc1ncn[nH]1)c1ccccc1C(F)(F)F.